The molecular formula is C20H26N2O4S. The first-order valence-corrected chi connectivity index (χ1v) is 10.2. The molecule has 2 aromatic carbocycles. The van der Waals surface area contributed by atoms with Gasteiger partial charge in [0.15, 0.2) is 0 Å². The second-order valence-electron chi connectivity index (χ2n) is 6.50. The smallest absolute Gasteiger partial charge is 0.243 e. The van der Waals surface area contributed by atoms with Gasteiger partial charge in [0, 0.05) is 25.2 Å². The molecule has 0 saturated carbocycles. The van der Waals surface area contributed by atoms with Crippen molar-refractivity contribution >= 4 is 21.6 Å². The first-order chi connectivity index (χ1) is 12.8. The van der Waals surface area contributed by atoms with E-state index in [2.05, 4.69) is 5.32 Å². The molecule has 0 bridgehead atoms. The second-order valence-corrected chi connectivity index (χ2v) is 8.50. The average molecular weight is 391 g/mol. The lowest BCUT2D eigenvalue weighted by atomic mass is 10.1. The Morgan fingerprint density at radius 3 is 2.33 bits per heavy atom. The number of methoxy groups -OCH3 is 1. The monoisotopic (exact) mass is 390 g/mol. The Morgan fingerprint density at radius 1 is 1.11 bits per heavy atom. The third-order valence-corrected chi connectivity index (χ3v) is 6.40. The highest BCUT2D eigenvalue weighted by molar-refractivity contribution is 7.89. The molecule has 0 saturated heterocycles. The summed E-state index contributed by atoms with van der Waals surface area (Å²) in [6, 6.07) is 13.7. The van der Waals surface area contributed by atoms with Gasteiger partial charge in [0.2, 0.25) is 15.9 Å². The molecule has 0 aliphatic rings. The molecule has 0 aliphatic carbocycles. The number of para-hydroxylation sites is 1. The Morgan fingerprint density at radius 2 is 1.74 bits per heavy atom. The third-order valence-electron chi connectivity index (χ3n) is 4.36. The Kier molecular flexibility index (Phi) is 6.98. The number of aryl methyl sites for hydroxylation is 1. The van der Waals surface area contributed by atoms with E-state index < -0.39 is 10.0 Å². The molecular weight excluding hydrogens is 364 g/mol. The molecule has 0 heterocycles. The van der Waals surface area contributed by atoms with Crippen molar-refractivity contribution < 1.29 is 17.9 Å². The van der Waals surface area contributed by atoms with E-state index in [1.54, 1.807) is 26.3 Å². The van der Waals surface area contributed by atoms with Gasteiger partial charge in [-0.3, -0.25) is 4.79 Å². The molecule has 7 heteroatoms. The van der Waals surface area contributed by atoms with Crippen molar-refractivity contribution in [2.24, 2.45) is 0 Å². The Bertz CT molecular complexity index is 877. The highest BCUT2D eigenvalue weighted by Gasteiger charge is 2.22. The standard InChI is InChI=1S/C20H26N2O4S/c1-15(2)22(3)27(24,25)18-12-10-17(11-13-18)21-20(23)14-9-16-7-5-6-8-19(16)26-4/h5-8,10-13,15H,9,14H2,1-4H3,(H,21,23). The quantitative estimate of drug-likeness (QED) is 0.750. The number of nitrogens with zero attached hydrogens (tertiary/aromatic N) is 1. The van der Waals surface area contributed by atoms with Crippen molar-refractivity contribution in [1.29, 1.82) is 0 Å². The largest absolute Gasteiger partial charge is 0.496 e. The van der Waals surface area contributed by atoms with E-state index >= 15 is 0 Å². The number of anilines is 1. The van der Waals surface area contributed by atoms with Crippen molar-refractivity contribution in [3.05, 3.63) is 54.1 Å². The molecule has 1 N–H and O–H groups in total. The first-order valence-electron chi connectivity index (χ1n) is 8.75. The number of rotatable bonds is 8. The van der Waals surface area contributed by atoms with Gasteiger partial charge in [0.25, 0.3) is 0 Å². The molecule has 0 atom stereocenters. The molecule has 0 fully saturated rings. The maximum atomic E-state index is 12.5. The van der Waals surface area contributed by atoms with E-state index in [1.165, 1.54) is 16.4 Å². The molecule has 0 aromatic heterocycles. The van der Waals surface area contributed by atoms with E-state index in [4.69, 9.17) is 4.74 Å². The van der Waals surface area contributed by atoms with Gasteiger partial charge in [-0.25, -0.2) is 8.42 Å². The number of hydrogen-bond acceptors (Lipinski definition) is 4. The molecule has 27 heavy (non-hydrogen) atoms. The van der Waals surface area contributed by atoms with Gasteiger partial charge in [-0.1, -0.05) is 18.2 Å². The number of carbonyl (C=O) groups is 1. The molecule has 0 radical (unpaired) electrons. The topological polar surface area (TPSA) is 75.7 Å². The molecule has 6 nitrogen and oxygen atoms in total. The predicted octanol–water partition coefficient (Wildman–Crippen LogP) is 3.30. The first kappa shape index (κ1) is 20.9. The fourth-order valence-electron chi connectivity index (χ4n) is 2.54. The SMILES string of the molecule is COc1ccccc1CCC(=O)Nc1ccc(S(=O)(=O)N(C)C(C)C)cc1. The van der Waals surface area contributed by atoms with Gasteiger partial charge < -0.3 is 10.1 Å². The summed E-state index contributed by atoms with van der Waals surface area (Å²) in [6.07, 6.45) is 0.859. The van der Waals surface area contributed by atoms with Crippen LogP contribution in [0.1, 0.15) is 25.8 Å². The Labute approximate surface area is 161 Å². The molecule has 0 aliphatic heterocycles. The fraction of sp³-hybridized carbons (Fsp3) is 0.350. The number of ether oxygens (including phenoxy) is 1. The lowest BCUT2D eigenvalue weighted by Gasteiger charge is -2.21. The summed E-state index contributed by atoms with van der Waals surface area (Å²) in [6.45, 7) is 3.63. The van der Waals surface area contributed by atoms with Crippen LogP contribution in [0.25, 0.3) is 0 Å². The minimum absolute atomic E-state index is 0.135. The maximum absolute atomic E-state index is 12.5. The Hall–Kier alpha value is -2.38. The van der Waals surface area contributed by atoms with Crippen LogP contribution in [-0.2, 0) is 21.2 Å². The minimum atomic E-state index is -3.53. The Balaban J connectivity index is 1.99. The molecule has 0 unspecified atom stereocenters. The zero-order valence-electron chi connectivity index (χ0n) is 16.1. The molecule has 0 spiro atoms. The molecule has 2 rings (SSSR count). The second kappa shape index (κ2) is 9.01. The number of hydrogen-bond donors (Lipinski definition) is 1. The van der Waals surface area contributed by atoms with Crippen LogP contribution in [0.15, 0.2) is 53.4 Å². The predicted molar refractivity (Wildman–Crippen MR) is 106 cm³/mol. The van der Waals surface area contributed by atoms with Crippen molar-refractivity contribution in [3.63, 3.8) is 0 Å². The summed E-state index contributed by atoms with van der Waals surface area (Å²) < 4.78 is 31.5. The highest BCUT2D eigenvalue weighted by atomic mass is 32.2. The van der Waals surface area contributed by atoms with Gasteiger partial charge in [0.1, 0.15) is 5.75 Å². The zero-order chi connectivity index (χ0) is 20.0. The number of benzene rings is 2. The van der Waals surface area contributed by atoms with Gasteiger partial charge >= 0.3 is 0 Å². The van der Waals surface area contributed by atoms with Gasteiger partial charge in [0.05, 0.1) is 12.0 Å². The zero-order valence-corrected chi connectivity index (χ0v) is 16.9. The van der Waals surface area contributed by atoms with Crippen LogP contribution in [0.3, 0.4) is 0 Å². The average Bonchev–Trinajstić information content (AvgIpc) is 2.66. The van der Waals surface area contributed by atoms with Crippen molar-refractivity contribution in [1.82, 2.24) is 4.31 Å². The van der Waals surface area contributed by atoms with E-state index in [0.29, 0.717) is 18.5 Å². The number of sulfonamides is 1. The summed E-state index contributed by atoms with van der Waals surface area (Å²) in [5.41, 5.74) is 1.53. The lowest BCUT2D eigenvalue weighted by molar-refractivity contribution is -0.116. The molecule has 146 valence electrons. The van der Waals surface area contributed by atoms with Gasteiger partial charge in [-0.15, -0.1) is 0 Å². The molecule has 2 aromatic rings. The van der Waals surface area contributed by atoms with Crippen LogP contribution in [0.2, 0.25) is 0 Å². The van der Waals surface area contributed by atoms with E-state index in [1.807, 2.05) is 38.1 Å². The van der Waals surface area contributed by atoms with E-state index in [-0.39, 0.29) is 16.8 Å². The van der Waals surface area contributed by atoms with Gasteiger partial charge in [-0.05, 0) is 56.2 Å². The highest BCUT2D eigenvalue weighted by Crippen LogP contribution is 2.21. The van der Waals surface area contributed by atoms with Crippen LogP contribution in [0.5, 0.6) is 5.75 Å². The summed E-state index contributed by atoms with van der Waals surface area (Å²) in [7, 11) is -0.379. The minimum Gasteiger partial charge on any atom is -0.496 e. The van der Waals surface area contributed by atoms with E-state index in [9.17, 15) is 13.2 Å². The number of carbonyl (C=O) groups excluding carboxylic acids is 1. The maximum Gasteiger partial charge on any atom is 0.243 e. The van der Waals surface area contributed by atoms with Crippen molar-refractivity contribution in [3.8, 4) is 5.75 Å². The van der Waals surface area contributed by atoms with Gasteiger partial charge in [-0.2, -0.15) is 4.31 Å². The lowest BCUT2D eigenvalue weighted by Crippen LogP contribution is -2.33. The summed E-state index contributed by atoms with van der Waals surface area (Å²) >= 11 is 0. The van der Waals surface area contributed by atoms with Crippen molar-refractivity contribution in [2.75, 3.05) is 19.5 Å². The summed E-state index contributed by atoms with van der Waals surface area (Å²) in [5.74, 6) is 0.616. The normalized spacial score (nSPS) is 11.6. The molecule has 1 amide bonds. The number of nitrogens with one attached hydrogen (secondary N) is 1. The third kappa shape index (κ3) is 5.30. The van der Waals surface area contributed by atoms with Crippen LogP contribution in [0.4, 0.5) is 5.69 Å². The van der Waals surface area contributed by atoms with E-state index in [0.717, 1.165) is 11.3 Å². The van der Waals surface area contributed by atoms with Crippen LogP contribution in [-0.4, -0.2) is 38.8 Å². The van der Waals surface area contributed by atoms with Crippen molar-refractivity contribution in [2.45, 2.75) is 37.6 Å². The number of amides is 1. The van der Waals surface area contributed by atoms with Crippen LogP contribution in [0, 0.1) is 0 Å². The van der Waals surface area contributed by atoms with Crippen LogP contribution >= 0.6 is 0 Å². The summed E-state index contributed by atoms with van der Waals surface area (Å²) in [4.78, 5) is 12.4. The fourth-order valence-corrected chi connectivity index (χ4v) is 3.90. The van der Waals surface area contributed by atoms with Crippen LogP contribution < -0.4 is 10.1 Å². The summed E-state index contributed by atoms with van der Waals surface area (Å²) in [5, 5.41) is 2.79.